The topological polar surface area (TPSA) is 103 Å². The molecule has 0 radical (unpaired) electrons. The Morgan fingerprint density at radius 3 is 2.36 bits per heavy atom. The van der Waals surface area contributed by atoms with Gasteiger partial charge in [-0.15, -0.1) is 0 Å². The lowest BCUT2D eigenvalue weighted by Crippen LogP contribution is -2.46. The van der Waals surface area contributed by atoms with Gasteiger partial charge in [0.1, 0.15) is 5.54 Å². The Labute approximate surface area is 148 Å². The molecule has 1 unspecified atom stereocenters. The number of hydrogen-bond acceptors (Lipinski definition) is 3. The van der Waals surface area contributed by atoms with Crippen molar-refractivity contribution in [3.8, 4) is 0 Å². The molecule has 1 atom stereocenters. The van der Waals surface area contributed by atoms with Gasteiger partial charge in [-0.3, -0.25) is 15.1 Å². The number of hydrogen-bond donors (Lipinski definition) is 3. The van der Waals surface area contributed by atoms with Crippen LogP contribution < -0.4 is 11.1 Å². The van der Waals surface area contributed by atoms with E-state index in [0.717, 1.165) is 11.1 Å². The Bertz CT molecular complexity index is 671. The first-order chi connectivity index (χ1) is 11.6. The molecule has 7 nitrogen and oxygen atoms in total. The second-order valence-electron chi connectivity index (χ2n) is 7.18. The molecule has 1 fully saturated rings. The lowest BCUT2D eigenvalue weighted by Gasteiger charge is -2.30. The van der Waals surface area contributed by atoms with Crippen LogP contribution in [0, 0.1) is 11.3 Å². The SMILES string of the molecule is CC(C)CC1(C)C(=O)N(Cc2ccc(CNC(N)=O)cc2)C(=N)N1C. The lowest BCUT2D eigenvalue weighted by molar-refractivity contribution is -0.133. The zero-order chi connectivity index (χ0) is 18.8. The van der Waals surface area contributed by atoms with Gasteiger partial charge in [0.25, 0.3) is 5.91 Å². The molecule has 0 aliphatic carbocycles. The Hall–Kier alpha value is -2.57. The normalized spacial score (nSPS) is 20.5. The Balaban J connectivity index is 2.10. The largest absolute Gasteiger partial charge is 0.352 e. The van der Waals surface area contributed by atoms with Gasteiger partial charge in [0, 0.05) is 13.6 Å². The van der Waals surface area contributed by atoms with Crippen LogP contribution in [0.3, 0.4) is 0 Å². The molecular weight excluding hydrogens is 318 g/mol. The quantitative estimate of drug-likeness (QED) is 0.733. The van der Waals surface area contributed by atoms with Crippen molar-refractivity contribution in [3.05, 3.63) is 35.4 Å². The molecule has 25 heavy (non-hydrogen) atoms. The smallest absolute Gasteiger partial charge is 0.312 e. The number of carbonyl (C=O) groups excluding carboxylic acids is 2. The van der Waals surface area contributed by atoms with E-state index in [2.05, 4.69) is 19.2 Å². The number of primary amides is 1. The first-order valence-electron chi connectivity index (χ1n) is 8.40. The Morgan fingerprint density at radius 2 is 1.84 bits per heavy atom. The second-order valence-corrected chi connectivity index (χ2v) is 7.18. The van der Waals surface area contributed by atoms with E-state index < -0.39 is 11.6 Å². The molecule has 0 aromatic heterocycles. The van der Waals surface area contributed by atoms with E-state index in [9.17, 15) is 9.59 Å². The number of nitrogens with one attached hydrogen (secondary N) is 2. The highest BCUT2D eigenvalue weighted by molar-refractivity contribution is 6.07. The van der Waals surface area contributed by atoms with Crippen LogP contribution in [-0.2, 0) is 17.9 Å². The summed E-state index contributed by atoms with van der Waals surface area (Å²) in [7, 11) is 1.81. The summed E-state index contributed by atoms with van der Waals surface area (Å²) < 4.78 is 0. The second kappa shape index (κ2) is 7.13. The van der Waals surface area contributed by atoms with E-state index in [1.54, 1.807) is 11.9 Å². The zero-order valence-corrected chi connectivity index (χ0v) is 15.3. The minimum Gasteiger partial charge on any atom is -0.352 e. The number of guanidine groups is 1. The van der Waals surface area contributed by atoms with Gasteiger partial charge in [0.05, 0.1) is 6.54 Å². The summed E-state index contributed by atoms with van der Waals surface area (Å²) in [5.41, 5.74) is 6.25. The maximum absolute atomic E-state index is 12.9. The monoisotopic (exact) mass is 345 g/mol. The summed E-state index contributed by atoms with van der Waals surface area (Å²) in [4.78, 5) is 27.0. The van der Waals surface area contributed by atoms with Crippen molar-refractivity contribution in [2.24, 2.45) is 11.7 Å². The molecule has 136 valence electrons. The summed E-state index contributed by atoms with van der Waals surface area (Å²) in [5, 5.41) is 10.9. The maximum Gasteiger partial charge on any atom is 0.312 e. The van der Waals surface area contributed by atoms with Gasteiger partial charge in [0.15, 0.2) is 0 Å². The summed E-state index contributed by atoms with van der Waals surface area (Å²) in [6.45, 7) is 6.79. The zero-order valence-electron chi connectivity index (χ0n) is 15.3. The molecule has 1 aromatic carbocycles. The number of nitrogens with zero attached hydrogens (tertiary/aromatic N) is 2. The third-order valence-electron chi connectivity index (χ3n) is 4.66. The summed E-state index contributed by atoms with van der Waals surface area (Å²) in [5.74, 6) is 0.557. The van der Waals surface area contributed by atoms with Crippen molar-refractivity contribution in [1.29, 1.82) is 5.41 Å². The molecule has 1 aromatic rings. The van der Waals surface area contributed by atoms with Crippen LogP contribution >= 0.6 is 0 Å². The highest BCUT2D eigenvalue weighted by atomic mass is 16.2. The number of carbonyl (C=O) groups is 2. The Morgan fingerprint density at radius 1 is 1.28 bits per heavy atom. The number of nitrogens with two attached hydrogens (primary N) is 1. The number of rotatable bonds is 6. The molecular formula is C18H27N5O2. The Kier molecular flexibility index (Phi) is 5.35. The van der Waals surface area contributed by atoms with Crippen molar-refractivity contribution in [1.82, 2.24) is 15.1 Å². The number of amides is 3. The first-order valence-corrected chi connectivity index (χ1v) is 8.40. The summed E-state index contributed by atoms with van der Waals surface area (Å²) in [6, 6.07) is 7.00. The molecule has 4 N–H and O–H groups in total. The molecule has 7 heteroatoms. The number of likely N-dealkylation sites (N-methyl/N-ethyl adjacent to an activating group) is 1. The molecule has 2 rings (SSSR count). The van der Waals surface area contributed by atoms with Crippen molar-refractivity contribution in [2.45, 2.75) is 45.8 Å². The fourth-order valence-electron chi connectivity index (χ4n) is 3.25. The minimum atomic E-state index is -0.670. The average molecular weight is 345 g/mol. The maximum atomic E-state index is 12.9. The summed E-state index contributed by atoms with van der Waals surface area (Å²) in [6.07, 6.45) is 0.707. The molecule has 0 bridgehead atoms. The first kappa shape index (κ1) is 18.8. The van der Waals surface area contributed by atoms with E-state index in [0.29, 0.717) is 25.4 Å². The van der Waals surface area contributed by atoms with Crippen molar-refractivity contribution in [3.63, 3.8) is 0 Å². The predicted octanol–water partition coefficient (Wildman–Crippen LogP) is 1.87. The van der Waals surface area contributed by atoms with Gasteiger partial charge in [-0.1, -0.05) is 38.1 Å². The van der Waals surface area contributed by atoms with Crippen LogP contribution in [0.1, 0.15) is 38.3 Å². The van der Waals surface area contributed by atoms with Crippen LogP contribution in [0.5, 0.6) is 0 Å². The van der Waals surface area contributed by atoms with E-state index in [4.69, 9.17) is 11.1 Å². The third kappa shape index (κ3) is 3.92. The van der Waals surface area contributed by atoms with Crippen LogP contribution in [-0.4, -0.2) is 40.3 Å². The summed E-state index contributed by atoms with van der Waals surface area (Å²) >= 11 is 0. The molecule has 1 saturated heterocycles. The fourth-order valence-corrected chi connectivity index (χ4v) is 3.25. The standard InChI is InChI=1S/C18H27N5O2/c1-12(2)9-18(3)15(24)23(17(20)22(18)4)11-14-7-5-13(6-8-14)10-21-16(19)25/h5-8,12,20H,9-11H2,1-4H3,(H3,19,21,25). The van der Waals surface area contributed by atoms with E-state index in [1.807, 2.05) is 31.2 Å². The minimum absolute atomic E-state index is 0.0341. The van der Waals surface area contributed by atoms with Crippen LogP contribution in [0.4, 0.5) is 4.79 Å². The van der Waals surface area contributed by atoms with Gasteiger partial charge in [-0.05, 0) is 30.4 Å². The highest BCUT2D eigenvalue weighted by Crippen LogP contribution is 2.32. The molecule has 1 aliphatic heterocycles. The molecule has 1 aliphatic rings. The molecule has 1 heterocycles. The van der Waals surface area contributed by atoms with E-state index in [-0.39, 0.29) is 11.9 Å². The van der Waals surface area contributed by atoms with Gasteiger partial charge in [-0.2, -0.15) is 0 Å². The van der Waals surface area contributed by atoms with Gasteiger partial charge in [-0.25, -0.2) is 4.79 Å². The van der Waals surface area contributed by atoms with Crippen molar-refractivity contribution in [2.75, 3.05) is 7.05 Å². The van der Waals surface area contributed by atoms with E-state index in [1.165, 1.54) is 4.90 Å². The van der Waals surface area contributed by atoms with Crippen LogP contribution in [0.15, 0.2) is 24.3 Å². The van der Waals surface area contributed by atoms with Gasteiger partial charge in [0.2, 0.25) is 5.96 Å². The van der Waals surface area contributed by atoms with Crippen LogP contribution in [0.25, 0.3) is 0 Å². The predicted molar refractivity (Wildman–Crippen MR) is 96.8 cm³/mol. The van der Waals surface area contributed by atoms with Crippen molar-refractivity contribution < 1.29 is 9.59 Å². The van der Waals surface area contributed by atoms with Gasteiger partial charge < -0.3 is 16.0 Å². The molecule has 3 amide bonds. The molecule has 0 saturated carbocycles. The van der Waals surface area contributed by atoms with Gasteiger partial charge >= 0.3 is 6.03 Å². The van der Waals surface area contributed by atoms with Crippen molar-refractivity contribution >= 4 is 17.9 Å². The molecule has 0 spiro atoms. The fraction of sp³-hybridized carbons (Fsp3) is 0.500. The average Bonchev–Trinajstić information content (AvgIpc) is 2.69. The third-order valence-corrected chi connectivity index (χ3v) is 4.66. The number of urea groups is 1. The lowest BCUT2D eigenvalue weighted by atomic mass is 9.89. The van der Waals surface area contributed by atoms with Crippen LogP contribution in [0.2, 0.25) is 0 Å². The highest BCUT2D eigenvalue weighted by Gasteiger charge is 2.50. The number of benzene rings is 1. The van der Waals surface area contributed by atoms with E-state index >= 15 is 0 Å².